The normalized spacial score (nSPS) is 16.5. The highest BCUT2D eigenvalue weighted by Crippen LogP contribution is 2.46. The molecule has 1 aliphatic heterocycles. The van der Waals surface area contributed by atoms with E-state index < -0.39 is 17.8 Å². The average Bonchev–Trinajstić information content (AvgIpc) is 3.06. The van der Waals surface area contributed by atoms with Crippen LogP contribution in [0.1, 0.15) is 22.0 Å². The molecule has 3 nitrogen and oxygen atoms in total. The number of phenols is 1. The first kappa shape index (κ1) is 23.5. The Morgan fingerprint density at radius 2 is 1.81 bits per heavy atom. The molecule has 2 aromatic rings. The maximum atomic E-state index is 13.6. The van der Waals surface area contributed by atoms with Gasteiger partial charge in [-0.25, -0.2) is 0 Å². The van der Waals surface area contributed by atoms with E-state index in [1.54, 1.807) is 0 Å². The summed E-state index contributed by atoms with van der Waals surface area (Å²) in [5.41, 5.74) is -0.874. The Kier molecular flexibility index (Phi) is 8.70. The van der Waals surface area contributed by atoms with Crippen molar-refractivity contribution < 1.29 is 18.3 Å². The summed E-state index contributed by atoms with van der Waals surface area (Å²) < 4.78 is 41.0. The maximum absolute atomic E-state index is 13.6. The molecule has 2 heterocycles. The van der Waals surface area contributed by atoms with E-state index in [1.165, 1.54) is 17.4 Å². The van der Waals surface area contributed by atoms with Crippen LogP contribution in [0.4, 0.5) is 13.2 Å². The average molecular weight is 494 g/mol. The van der Waals surface area contributed by atoms with Crippen LogP contribution in [-0.4, -0.2) is 36.2 Å². The van der Waals surface area contributed by atoms with Gasteiger partial charge in [0.05, 0.1) is 16.1 Å². The second-order valence-corrected chi connectivity index (χ2v) is 7.39. The van der Waals surface area contributed by atoms with Crippen molar-refractivity contribution in [2.24, 2.45) is 0 Å². The molecule has 146 valence electrons. The number of benzene rings is 1. The van der Waals surface area contributed by atoms with Gasteiger partial charge in [0, 0.05) is 36.6 Å². The summed E-state index contributed by atoms with van der Waals surface area (Å²) >= 11 is 4.56. The lowest BCUT2D eigenvalue weighted by Crippen LogP contribution is -2.45. The van der Waals surface area contributed by atoms with Crippen molar-refractivity contribution >= 4 is 52.1 Å². The highest BCUT2D eigenvalue weighted by atomic mass is 79.9. The van der Waals surface area contributed by atoms with Crippen LogP contribution in [0.3, 0.4) is 0 Å². The largest absolute Gasteiger partial charge is 0.506 e. The summed E-state index contributed by atoms with van der Waals surface area (Å²) in [6.07, 6.45) is -4.53. The molecule has 0 spiro atoms. The third-order valence-electron chi connectivity index (χ3n) is 4.08. The van der Waals surface area contributed by atoms with Gasteiger partial charge in [0.2, 0.25) is 0 Å². The van der Waals surface area contributed by atoms with Gasteiger partial charge in [-0.1, -0.05) is 6.07 Å². The Hall–Kier alpha value is -0.510. The van der Waals surface area contributed by atoms with Crippen molar-refractivity contribution in [3.05, 3.63) is 50.1 Å². The SMILES string of the molecule is Cl.Cl.Oc1c(Br)ccc(C(F)(F)F)c1[C@@H](c1cccs1)N1CCNCC1. The van der Waals surface area contributed by atoms with E-state index in [1.807, 2.05) is 22.4 Å². The highest BCUT2D eigenvalue weighted by molar-refractivity contribution is 9.10. The fraction of sp³-hybridized carbons (Fsp3) is 0.375. The molecule has 1 aliphatic rings. The molecular weight excluding hydrogens is 476 g/mol. The number of alkyl halides is 3. The summed E-state index contributed by atoms with van der Waals surface area (Å²) in [6.45, 7) is 2.65. The summed E-state index contributed by atoms with van der Waals surface area (Å²) in [5.74, 6) is -0.346. The van der Waals surface area contributed by atoms with Gasteiger partial charge in [0.25, 0.3) is 0 Å². The van der Waals surface area contributed by atoms with Crippen molar-refractivity contribution in [3.8, 4) is 5.75 Å². The molecule has 0 radical (unpaired) electrons. The molecule has 26 heavy (non-hydrogen) atoms. The maximum Gasteiger partial charge on any atom is 0.416 e. The first-order chi connectivity index (χ1) is 11.4. The number of phenolic OH excluding ortho intramolecular Hbond substituents is 1. The van der Waals surface area contributed by atoms with Crippen LogP contribution in [0, 0.1) is 0 Å². The van der Waals surface area contributed by atoms with Gasteiger partial charge >= 0.3 is 6.18 Å². The Morgan fingerprint density at radius 1 is 1.15 bits per heavy atom. The highest BCUT2D eigenvalue weighted by Gasteiger charge is 2.40. The number of piperazine rings is 1. The van der Waals surface area contributed by atoms with E-state index in [0.717, 1.165) is 10.9 Å². The third kappa shape index (κ3) is 4.85. The number of aromatic hydroxyl groups is 1. The van der Waals surface area contributed by atoms with Gasteiger partial charge in [-0.15, -0.1) is 36.2 Å². The molecule has 1 atom stereocenters. The number of hydrogen-bond donors (Lipinski definition) is 2. The van der Waals surface area contributed by atoms with Crippen LogP contribution < -0.4 is 5.32 Å². The fourth-order valence-corrected chi connectivity index (χ4v) is 4.21. The molecule has 3 rings (SSSR count). The van der Waals surface area contributed by atoms with E-state index in [9.17, 15) is 18.3 Å². The minimum Gasteiger partial charge on any atom is -0.506 e. The molecule has 1 aromatic carbocycles. The predicted molar refractivity (Wildman–Crippen MR) is 106 cm³/mol. The Labute approximate surface area is 174 Å². The van der Waals surface area contributed by atoms with Crippen molar-refractivity contribution in [1.29, 1.82) is 0 Å². The van der Waals surface area contributed by atoms with Crippen molar-refractivity contribution in [2.45, 2.75) is 12.2 Å². The van der Waals surface area contributed by atoms with Gasteiger partial charge in [0.1, 0.15) is 5.75 Å². The lowest BCUT2D eigenvalue weighted by Gasteiger charge is -2.36. The van der Waals surface area contributed by atoms with Crippen LogP contribution >= 0.6 is 52.1 Å². The molecule has 0 amide bonds. The Bertz CT molecular complexity index is 710. The van der Waals surface area contributed by atoms with Gasteiger partial charge in [-0.2, -0.15) is 13.2 Å². The van der Waals surface area contributed by atoms with Crippen LogP contribution in [0.15, 0.2) is 34.1 Å². The zero-order valence-corrected chi connectivity index (χ0v) is 17.5. The molecule has 1 aromatic heterocycles. The lowest BCUT2D eigenvalue weighted by atomic mass is 9.95. The van der Waals surface area contributed by atoms with Crippen molar-refractivity contribution in [2.75, 3.05) is 26.2 Å². The van der Waals surface area contributed by atoms with Gasteiger partial charge in [0.15, 0.2) is 0 Å². The molecule has 0 bridgehead atoms. The lowest BCUT2D eigenvalue weighted by molar-refractivity contribution is -0.138. The summed E-state index contributed by atoms with van der Waals surface area (Å²) in [4.78, 5) is 2.77. The molecule has 1 fully saturated rings. The minimum absolute atomic E-state index is 0. The molecule has 0 aliphatic carbocycles. The van der Waals surface area contributed by atoms with E-state index in [2.05, 4.69) is 21.2 Å². The van der Waals surface area contributed by atoms with Crippen LogP contribution in [0.25, 0.3) is 0 Å². The van der Waals surface area contributed by atoms with Crippen LogP contribution in [0.2, 0.25) is 0 Å². The summed E-state index contributed by atoms with van der Waals surface area (Å²) in [7, 11) is 0. The van der Waals surface area contributed by atoms with E-state index in [0.29, 0.717) is 26.2 Å². The molecule has 0 saturated carbocycles. The second-order valence-electron chi connectivity index (χ2n) is 5.56. The Morgan fingerprint density at radius 3 is 2.35 bits per heavy atom. The third-order valence-corrected chi connectivity index (χ3v) is 5.64. The predicted octanol–water partition coefficient (Wildman–Crippen LogP) is 5.07. The zero-order chi connectivity index (χ0) is 17.3. The fourth-order valence-electron chi connectivity index (χ4n) is 3.00. The zero-order valence-electron chi connectivity index (χ0n) is 13.4. The van der Waals surface area contributed by atoms with E-state index >= 15 is 0 Å². The Balaban J connectivity index is 0.00000169. The summed E-state index contributed by atoms with van der Waals surface area (Å²) in [6, 6.07) is 5.28. The van der Waals surface area contributed by atoms with Gasteiger partial charge < -0.3 is 10.4 Å². The van der Waals surface area contributed by atoms with Gasteiger partial charge in [-0.3, -0.25) is 4.90 Å². The second kappa shape index (κ2) is 9.61. The smallest absolute Gasteiger partial charge is 0.416 e. The standard InChI is InChI=1S/C16H16BrF3N2OS.2ClH/c17-11-4-3-10(16(18,19)20)13(15(11)23)14(12-2-1-9-24-12)22-7-5-21-6-8-22;;/h1-4,9,14,21,23H,5-8H2;2*1H/t14-;;/m1../s1. The number of nitrogens with zero attached hydrogens (tertiary/aromatic N) is 1. The summed E-state index contributed by atoms with van der Waals surface area (Å²) in [5, 5.41) is 15.5. The van der Waals surface area contributed by atoms with Crippen molar-refractivity contribution in [3.63, 3.8) is 0 Å². The minimum atomic E-state index is -4.53. The first-order valence-electron chi connectivity index (χ1n) is 7.46. The monoisotopic (exact) mass is 492 g/mol. The molecular formula is C16H18BrCl2F3N2OS. The van der Waals surface area contributed by atoms with Crippen LogP contribution in [-0.2, 0) is 6.18 Å². The number of rotatable bonds is 3. The molecule has 1 saturated heterocycles. The van der Waals surface area contributed by atoms with E-state index in [4.69, 9.17) is 0 Å². The van der Waals surface area contributed by atoms with E-state index in [-0.39, 0.29) is 40.6 Å². The molecule has 2 N–H and O–H groups in total. The number of halogens is 6. The number of nitrogens with one attached hydrogen (secondary N) is 1. The first-order valence-corrected chi connectivity index (χ1v) is 9.13. The number of hydrogen-bond acceptors (Lipinski definition) is 4. The topological polar surface area (TPSA) is 35.5 Å². The number of thiophene rings is 1. The molecule has 0 unspecified atom stereocenters. The quantitative estimate of drug-likeness (QED) is 0.626. The van der Waals surface area contributed by atoms with Crippen molar-refractivity contribution in [1.82, 2.24) is 10.2 Å². The van der Waals surface area contributed by atoms with Gasteiger partial charge in [-0.05, 0) is 39.5 Å². The van der Waals surface area contributed by atoms with Crippen LogP contribution in [0.5, 0.6) is 5.75 Å². The molecule has 10 heteroatoms.